The number of halogens is 2. The first-order chi connectivity index (χ1) is 8.18. The quantitative estimate of drug-likeness (QED) is 0.783. The van der Waals surface area contributed by atoms with Gasteiger partial charge in [-0.2, -0.15) is 0 Å². The number of benzene rings is 2. The predicted molar refractivity (Wildman–Crippen MR) is 64.9 cm³/mol. The highest BCUT2D eigenvalue weighted by atomic mass is 19.1. The first-order valence-corrected chi connectivity index (χ1v) is 5.37. The zero-order chi connectivity index (χ0) is 12.3. The molecule has 2 rings (SSSR count). The summed E-state index contributed by atoms with van der Waals surface area (Å²) in [5, 5.41) is 0. The Morgan fingerprint density at radius 3 is 2.12 bits per heavy atom. The molecule has 0 unspecified atom stereocenters. The van der Waals surface area contributed by atoms with Gasteiger partial charge in [0.1, 0.15) is 11.6 Å². The third-order valence-corrected chi connectivity index (χ3v) is 2.63. The van der Waals surface area contributed by atoms with Crippen molar-refractivity contribution in [2.45, 2.75) is 6.54 Å². The average Bonchev–Trinajstić information content (AvgIpc) is 2.32. The van der Waals surface area contributed by atoms with Gasteiger partial charge in [-0.05, 0) is 18.2 Å². The lowest BCUT2D eigenvalue weighted by molar-refractivity contribution is 0.601. The Morgan fingerprint density at radius 1 is 0.882 bits per heavy atom. The van der Waals surface area contributed by atoms with Crippen LogP contribution in [-0.4, -0.2) is 7.05 Å². The van der Waals surface area contributed by atoms with Crippen molar-refractivity contribution >= 4 is 5.69 Å². The molecule has 2 aromatic rings. The predicted octanol–water partition coefficient (Wildman–Crippen LogP) is 3.60. The molecule has 3 heteroatoms. The van der Waals surface area contributed by atoms with Crippen molar-refractivity contribution in [3.05, 3.63) is 65.7 Å². The Kier molecular flexibility index (Phi) is 3.38. The number of hydrogen-bond acceptors (Lipinski definition) is 1. The van der Waals surface area contributed by atoms with E-state index in [9.17, 15) is 8.78 Å². The van der Waals surface area contributed by atoms with Crippen LogP contribution in [0.3, 0.4) is 0 Å². The molecule has 0 aliphatic heterocycles. The molecular weight excluding hydrogens is 220 g/mol. The second-order valence-corrected chi connectivity index (χ2v) is 3.90. The van der Waals surface area contributed by atoms with Crippen LogP contribution < -0.4 is 4.90 Å². The van der Waals surface area contributed by atoms with E-state index in [0.29, 0.717) is 17.8 Å². The van der Waals surface area contributed by atoms with Crippen molar-refractivity contribution in [2.75, 3.05) is 11.9 Å². The van der Waals surface area contributed by atoms with Crippen LogP contribution in [0.15, 0.2) is 48.5 Å². The molecule has 0 spiro atoms. The van der Waals surface area contributed by atoms with E-state index in [1.165, 1.54) is 12.1 Å². The summed E-state index contributed by atoms with van der Waals surface area (Å²) in [4.78, 5) is 1.69. The smallest absolute Gasteiger partial charge is 0.146 e. The van der Waals surface area contributed by atoms with E-state index in [1.54, 1.807) is 48.3 Å². The summed E-state index contributed by atoms with van der Waals surface area (Å²) in [5.41, 5.74) is 1.02. The van der Waals surface area contributed by atoms with E-state index in [1.807, 2.05) is 0 Å². The number of hydrogen-bond donors (Lipinski definition) is 0. The Hall–Kier alpha value is -1.90. The molecule has 0 saturated carbocycles. The molecule has 17 heavy (non-hydrogen) atoms. The third kappa shape index (κ3) is 2.61. The molecule has 0 radical (unpaired) electrons. The van der Waals surface area contributed by atoms with E-state index < -0.39 is 0 Å². The molecule has 0 amide bonds. The maximum atomic E-state index is 13.5. The van der Waals surface area contributed by atoms with Gasteiger partial charge in [0.25, 0.3) is 0 Å². The van der Waals surface area contributed by atoms with Crippen LogP contribution >= 0.6 is 0 Å². The van der Waals surface area contributed by atoms with Crippen molar-refractivity contribution in [1.29, 1.82) is 0 Å². The molecule has 88 valence electrons. The second-order valence-electron chi connectivity index (χ2n) is 3.90. The molecule has 0 atom stereocenters. The first-order valence-electron chi connectivity index (χ1n) is 5.37. The number of nitrogens with zero attached hydrogens (tertiary/aromatic N) is 1. The monoisotopic (exact) mass is 233 g/mol. The minimum Gasteiger partial charge on any atom is -0.368 e. The number of para-hydroxylation sites is 1. The Labute approximate surface area is 99.3 Å². The van der Waals surface area contributed by atoms with E-state index in [0.717, 1.165) is 0 Å². The summed E-state index contributed by atoms with van der Waals surface area (Å²) in [7, 11) is 1.74. The van der Waals surface area contributed by atoms with Crippen molar-refractivity contribution < 1.29 is 8.78 Å². The maximum Gasteiger partial charge on any atom is 0.146 e. The summed E-state index contributed by atoms with van der Waals surface area (Å²) in [6.07, 6.45) is 0. The molecule has 0 aliphatic carbocycles. The van der Waals surface area contributed by atoms with Gasteiger partial charge in [0.2, 0.25) is 0 Å². The van der Waals surface area contributed by atoms with Crippen LogP contribution in [-0.2, 0) is 6.54 Å². The average molecular weight is 233 g/mol. The van der Waals surface area contributed by atoms with Crippen LogP contribution in [0.5, 0.6) is 0 Å². The number of anilines is 1. The topological polar surface area (TPSA) is 3.24 Å². The van der Waals surface area contributed by atoms with Crippen LogP contribution in [0, 0.1) is 11.6 Å². The molecular formula is C14H13F2N. The van der Waals surface area contributed by atoms with Gasteiger partial charge in [0.05, 0.1) is 5.69 Å². The summed E-state index contributed by atoms with van der Waals surface area (Å²) in [6.45, 7) is 0.341. The Bertz CT molecular complexity index is 511. The fourth-order valence-electron chi connectivity index (χ4n) is 1.73. The van der Waals surface area contributed by atoms with Crippen LogP contribution in [0.2, 0.25) is 0 Å². The van der Waals surface area contributed by atoms with E-state index >= 15 is 0 Å². The molecule has 0 fully saturated rings. The highest BCUT2D eigenvalue weighted by Crippen LogP contribution is 2.20. The van der Waals surface area contributed by atoms with Gasteiger partial charge in [-0.15, -0.1) is 0 Å². The van der Waals surface area contributed by atoms with Crippen molar-refractivity contribution in [1.82, 2.24) is 0 Å². The minimum atomic E-state index is -0.300. The van der Waals surface area contributed by atoms with Crippen LogP contribution in [0.25, 0.3) is 0 Å². The summed E-state index contributed by atoms with van der Waals surface area (Å²) in [5.74, 6) is -0.568. The normalized spacial score (nSPS) is 10.3. The molecule has 0 aromatic heterocycles. The zero-order valence-electron chi connectivity index (χ0n) is 9.53. The molecule has 1 nitrogen and oxygen atoms in total. The van der Waals surface area contributed by atoms with Gasteiger partial charge < -0.3 is 4.90 Å². The fraction of sp³-hybridized carbons (Fsp3) is 0.143. The summed E-state index contributed by atoms with van der Waals surface area (Å²) < 4.78 is 27.0. The summed E-state index contributed by atoms with van der Waals surface area (Å²) in [6, 6.07) is 13.0. The fourth-order valence-corrected chi connectivity index (χ4v) is 1.73. The molecule has 0 heterocycles. The highest BCUT2D eigenvalue weighted by Gasteiger charge is 2.09. The maximum absolute atomic E-state index is 13.5. The molecule has 2 aromatic carbocycles. The lowest BCUT2D eigenvalue weighted by Gasteiger charge is -2.20. The first kappa shape index (κ1) is 11.6. The molecule has 0 N–H and O–H groups in total. The van der Waals surface area contributed by atoms with Crippen molar-refractivity contribution in [2.24, 2.45) is 0 Å². The minimum absolute atomic E-state index is 0.268. The lowest BCUT2D eigenvalue weighted by atomic mass is 10.2. The van der Waals surface area contributed by atoms with Gasteiger partial charge in [-0.1, -0.05) is 30.3 Å². The zero-order valence-corrected chi connectivity index (χ0v) is 9.53. The van der Waals surface area contributed by atoms with Gasteiger partial charge in [-0.3, -0.25) is 0 Å². The second kappa shape index (κ2) is 4.95. The van der Waals surface area contributed by atoms with Crippen molar-refractivity contribution in [3.63, 3.8) is 0 Å². The molecule has 0 aliphatic rings. The van der Waals surface area contributed by atoms with E-state index in [-0.39, 0.29) is 11.6 Å². The van der Waals surface area contributed by atoms with Gasteiger partial charge >= 0.3 is 0 Å². The Balaban J connectivity index is 2.20. The van der Waals surface area contributed by atoms with Gasteiger partial charge in [0, 0.05) is 19.2 Å². The molecule has 0 bridgehead atoms. The van der Waals surface area contributed by atoms with Crippen molar-refractivity contribution in [3.8, 4) is 0 Å². The largest absolute Gasteiger partial charge is 0.368 e. The van der Waals surface area contributed by atoms with Gasteiger partial charge in [0.15, 0.2) is 0 Å². The van der Waals surface area contributed by atoms with Crippen LogP contribution in [0.1, 0.15) is 5.56 Å². The third-order valence-electron chi connectivity index (χ3n) is 2.63. The summed E-state index contributed by atoms with van der Waals surface area (Å²) >= 11 is 0. The van der Waals surface area contributed by atoms with E-state index in [4.69, 9.17) is 0 Å². The Morgan fingerprint density at radius 2 is 1.47 bits per heavy atom. The standard InChI is InChI=1S/C14H13F2N/c1-17(14-9-5-4-8-13(14)16)10-11-6-2-3-7-12(11)15/h2-9H,10H2,1H3. The van der Waals surface area contributed by atoms with Gasteiger partial charge in [-0.25, -0.2) is 8.78 Å². The lowest BCUT2D eigenvalue weighted by Crippen LogP contribution is -2.18. The number of rotatable bonds is 3. The van der Waals surface area contributed by atoms with E-state index in [2.05, 4.69) is 0 Å². The van der Waals surface area contributed by atoms with Crippen LogP contribution in [0.4, 0.5) is 14.5 Å². The highest BCUT2D eigenvalue weighted by molar-refractivity contribution is 5.47. The SMILES string of the molecule is CN(Cc1ccccc1F)c1ccccc1F. The molecule has 0 saturated heterocycles.